The molecular weight excluding hydrogens is 284 g/mol. The molecule has 1 aromatic carbocycles. The first-order valence-electron chi connectivity index (χ1n) is 5.75. The molecule has 8 heteroatoms. The maximum Gasteiger partial charge on any atom is 0.327 e. The number of benzene rings is 1. The number of carboxylic acids is 1. The second kappa shape index (κ2) is 5.20. The quantitative estimate of drug-likeness (QED) is 0.812. The van der Waals surface area contributed by atoms with Gasteiger partial charge in [0, 0.05) is 13.0 Å². The van der Waals surface area contributed by atoms with Crippen LogP contribution in [-0.2, 0) is 19.6 Å². The molecule has 1 saturated heterocycles. The van der Waals surface area contributed by atoms with Crippen molar-refractivity contribution in [2.75, 3.05) is 13.2 Å². The van der Waals surface area contributed by atoms with Gasteiger partial charge in [-0.05, 0) is 18.2 Å². The summed E-state index contributed by atoms with van der Waals surface area (Å²) < 4.78 is 31.6. The lowest BCUT2D eigenvalue weighted by Crippen LogP contribution is -2.54. The number of carbonyl (C=O) groups is 1. The van der Waals surface area contributed by atoms with Crippen molar-refractivity contribution >= 4 is 16.0 Å². The number of nitriles is 1. The Hall–Kier alpha value is -1.95. The van der Waals surface area contributed by atoms with E-state index in [-0.39, 0.29) is 30.1 Å². The molecule has 0 amide bonds. The molecule has 0 aromatic heterocycles. The molecule has 0 radical (unpaired) electrons. The zero-order valence-corrected chi connectivity index (χ0v) is 11.2. The van der Waals surface area contributed by atoms with Crippen LogP contribution in [0.1, 0.15) is 12.0 Å². The number of nitrogens with zero attached hydrogens (tertiary/aromatic N) is 1. The number of hydrogen-bond donors (Lipinski definition) is 2. The molecule has 1 heterocycles. The number of hydrogen-bond acceptors (Lipinski definition) is 5. The second-order valence-electron chi connectivity index (χ2n) is 4.43. The highest BCUT2D eigenvalue weighted by Gasteiger charge is 2.46. The Bertz CT molecular complexity index is 671. The second-order valence-corrected chi connectivity index (χ2v) is 6.12. The van der Waals surface area contributed by atoms with Crippen molar-refractivity contribution in [3.05, 3.63) is 29.8 Å². The largest absolute Gasteiger partial charge is 0.480 e. The predicted molar refractivity (Wildman–Crippen MR) is 67.3 cm³/mol. The van der Waals surface area contributed by atoms with Crippen LogP contribution in [0.5, 0.6) is 0 Å². The Morgan fingerprint density at radius 2 is 2.25 bits per heavy atom. The maximum atomic E-state index is 12.2. The first-order chi connectivity index (χ1) is 9.39. The molecule has 7 nitrogen and oxygen atoms in total. The van der Waals surface area contributed by atoms with Crippen LogP contribution < -0.4 is 4.72 Å². The van der Waals surface area contributed by atoms with Gasteiger partial charge in [-0.25, -0.2) is 8.42 Å². The Balaban J connectivity index is 2.35. The monoisotopic (exact) mass is 296 g/mol. The number of carboxylic acid groups (broad SMARTS) is 1. The van der Waals surface area contributed by atoms with Crippen LogP contribution in [0.2, 0.25) is 0 Å². The van der Waals surface area contributed by atoms with Gasteiger partial charge in [0.05, 0.1) is 23.1 Å². The van der Waals surface area contributed by atoms with Crippen molar-refractivity contribution in [3.8, 4) is 6.07 Å². The fourth-order valence-electron chi connectivity index (χ4n) is 1.91. The van der Waals surface area contributed by atoms with Crippen molar-refractivity contribution in [2.24, 2.45) is 0 Å². The fraction of sp³-hybridized carbons (Fsp3) is 0.333. The number of nitrogens with one attached hydrogen (secondary N) is 1. The average Bonchev–Trinajstić information content (AvgIpc) is 2.88. The van der Waals surface area contributed by atoms with Crippen molar-refractivity contribution in [2.45, 2.75) is 16.9 Å². The first kappa shape index (κ1) is 14.5. The molecule has 0 spiro atoms. The third kappa shape index (κ3) is 2.65. The highest BCUT2D eigenvalue weighted by Crippen LogP contribution is 2.22. The molecule has 1 aliphatic rings. The lowest BCUT2D eigenvalue weighted by molar-refractivity contribution is -0.144. The fourth-order valence-corrected chi connectivity index (χ4v) is 3.33. The maximum absolute atomic E-state index is 12.2. The molecular formula is C12H12N2O5S. The minimum Gasteiger partial charge on any atom is -0.480 e. The van der Waals surface area contributed by atoms with Gasteiger partial charge >= 0.3 is 5.97 Å². The van der Waals surface area contributed by atoms with E-state index in [9.17, 15) is 18.3 Å². The standard InChI is InChI=1S/C12H12N2O5S/c13-7-9-2-1-3-10(6-9)20(17,18)14-12(11(15)16)4-5-19-8-12/h1-3,6,14H,4-5,8H2,(H,15,16). The van der Waals surface area contributed by atoms with E-state index in [0.717, 1.165) is 0 Å². The summed E-state index contributed by atoms with van der Waals surface area (Å²) in [5.74, 6) is -1.28. The topological polar surface area (TPSA) is 116 Å². The molecule has 20 heavy (non-hydrogen) atoms. The third-order valence-corrected chi connectivity index (χ3v) is 4.57. The summed E-state index contributed by atoms with van der Waals surface area (Å²) in [4.78, 5) is 11.1. The average molecular weight is 296 g/mol. The van der Waals surface area contributed by atoms with E-state index in [0.29, 0.717) is 0 Å². The first-order valence-corrected chi connectivity index (χ1v) is 7.23. The SMILES string of the molecule is N#Cc1cccc(S(=O)(=O)NC2(C(=O)O)CCOC2)c1. The summed E-state index contributed by atoms with van der Waals surface area (Å²) in [5.41, 5.74) is -1.47. The molecule has 1 fully saturated rings. The van der Waals surface area contributed by atoms with E-state index in [1.54, 1.807) is 0 Å². The number of ether oxygens (including phenoxy) is 1. The van der Waals surface area contributed by atoms with Gasteiger partial charge in [-0.3, -0.25) is 4.79 Å². The van der Waals surface area contributed by atoms with Crippen LogP contribution in [-0.4, -0.2) is 38.2 Å². The molecule has 1 atom stereocenters. The summed E-state index contributed by atoms with van der Waals surface area (Å²) in [7, 11) is -4.04. The van der Waals surface area contributed by atoms with Gasteiger partial charge in [0.2, 0.25) is 10.0 Å². The van der Waals surface area contributed by atoms with E-state index >= 15 is 0 Å². The summed E-state index contributed by atoms with van der Waals surface area (Å²) in [6.07, 6.45) is 0.0551. The number of sulfonamides is 1. The van der Waals surface area contributed by atoms with E-state index in [2.05, 4.69) is 4.72 Å². The molecule has 0 saturated carbocycles. The van der Waals surface area contributed by atoms with Gasteiger partial charge in [-0.15, -0.1) is 0 Å². The Labute approximate surface area is 115 Å². The van der Waals surface area contributed by atoms with Crippen LogP contribution in [0.15, 0.2) is 29.2 Å². The van der Waals surface area contributed by atoms with Crippen molar-refractivity contribution in [1.29, 1.82) is 5.26 Å². The highest BCUT2D eigenvalue weighted by molar-refractivity contribution is 7.89. The molecule has 1 unspecified atom stereocenters. The predicted octanol–water partition coefficient (Wildman–Crippen LogP) is 0.0803. The molecule has 1 aliphatic heterocycles. The molecule has 1 aromatic rings. The van der Waals surface area contributed by atoms with Gasteiger partial charge in [-0.2, -0.15) is 9.98 Å². The minimum atomic E-state index is -4.04. The van der Waals surface area contributed by atoms with Crippen molar-refractivity contribution in [3.63, 3.8) is 0 Å². The summed E-state index contributed by atoms with van der Waals surface area (Å²) in [5, 5.41) is 18.0. The molecule has 0 aliphatic carbocycles. The van der Waals surface area contributed by atoms with Crippen LogP contribution in [0, 0.1) is 11.3 Å². The minimum absolute atomic E-state index is 0.0551. The van der Waals surface area contributed by atoms with E-state index in [1.807, 2.05) is 6.07 Å². The number of rotatable bonds is 4. The highest BCUT2D eigenvalue weighted by atomic mass is 32.2. The molecule has 106 valence electrons. The van der Waals surface area contributed by atoms with Gasteiger partial charge in [0.25, 0.3) is 0 Å². The lowest BCUT2D eigenvalue weighted by Gasteiger charge is -2.23. The molecule has 2 rings (SSSR count). The van der Waals surface area contributed by atoms with E-state index in [1.165, 1.54) is 24.3 Å². The zero-order chi connectivity index (χ0) is 14.8. The van der Waals surface area contributed by atoms with Gasteiger partial charge in [-0.1, -0.05) is 6.07 Å². The van der Waals surface area contributed by atoms with Crippen molar-refractivity contribution in [1.82, 2.24) is 4.72 Å². The lowest BCUT2D eigenvalue weighted by atomic mass is 10.0. The Kier molecular flexibility index (Phi) is 3.76. The zero-order valence-electron chi connectivity index (χ0n) is 10.4. The normalized spacial score (nSPS) is 22.4. The van der Waals surface area contributed by atoms with Gasteiger partial charge in [0.15, 0.2) is 5.54 Å². The van der Waals surface area contributed by atoms with E-state index < -0.39 is 21.5 Å². The molecule has 2 N–H and O–H groups in total. The van der Waals surface area contributed by atoms with Gasteiger partial charge in [0.1, 0.15) is 0 Å². The molecule has 0 bridgehead atoms. The summed E-state index contributed by atoms with van der Waals surface area (Å²) in [6.45, 7) is -0.0490. The van der Waals surface area contributed by atoms with Crippen LogP contribution in [0.25, 0.3) is 0 Å². The smallest absolute Gasteiger partial charge is 0.327 e. The summed E-state index contributed by atoms with van der Waals surface area (Å²) in [6, 6.07) is 7.21. The third-order valence-electron chi connectivity index (χ3n) is 3.03. The Morgan fingerprint density at radius 1 is 1.50 bits per heavy atom. The van der Waals surface area contributed by atoms with Crippen LogP contribution >= 0.6 is 0 Å². The van der Waals surface area contributed by atoms with Crippen LogP contribution in [0.3, 0.4) is 0 Å². The Morgan fingerprint density at radius 3 is 2.80 bits per heavy atom. The number of aliphatic carboxylic acids is 1. The summed E-state index contributed by atoms with van der Waals surface area (Å²) >= 11 is 0. The van der Waals surface area contributed by atoms with E-state index in [4.69, 9.17) is 10.00 Å². The van der Waals surface area contributed by atoms with Crippen LogP contribution in [0.4, 0.5) is 0 Å². The van der Waals surface area contributed by atoms with Gasteiger partial charge < -0.3 is 9.84 Å². The van der Waals surface area contributed by atoms with Crippen molar-refractivity contribution < 1.29 is 23.1 Å².